The van der Waals surface area contributed by atoms with Crippen molar-refractivity contribution in [3.05, 3.63) is 0 Å². The molecule has 0 heterocycles. The van der Waals surface area contributed by atoms with Crippen LogP contribution in [0.4, 0.5) is 0 Å². The van der Waals surface area contributed by atoms with E-state index in [1.54, 1.807) is 0 Å². The van der Waals surface area contributed by atoms with Gasteiger partial charge in [0.05, 0.1) is 26.4 Å². The highest BCUT2D eigenvalue weighted by atomic mass is 31.2. The van der Waals surface area contributed by atoms with Crippen LogP contribution in [-0.2, 0) is 65.4 Å². The molecule has 0 bridgehead atoms. The van der Waals surface area contributed by atoms with E-state index >= 15 is 0 Å². The zero-order valence-corrected chi connectivity index (χ0v) is 70.5. The number of aliphatic hydroxyl groups is 1. The van der Waals surface area contributed by atoms with Crippen molar-refractivity contribution in [2.24, 2.45) is 23.7 Å². The lowest BCUT2D eigenvalue weighted by Crippen LogP contribution is -2.30. The molecule has 0 aliphatic carbocycles. The highest BCUT2D eigenvalue weighted by Crippen LogP contribution is 2.45. The van der Waals surface area contributed by atoms with E-state index in [4.69, 9.17) is 37.0 Å². The number of aliphatic hydroxyl groups excluding tert-OH is 1. The lowest BCUT2D eigenvalue weighted by Gasteiger charge is -2.21. The van der Waals surface area contributed by atoms with Crippen molar-refractivity contribution in [1.82, 2.24) is 0 Å². The van der Waals surface area contributed by atoms with E-state index in [0.717, 1.165) is 120 Å². The van der Waals surface area contributed by atoms with Crippen LogP contribution in [0, 0.1) is 23.7 Å². The minimum Gasteiger partial charge on any atom is -0.462 e. The van der Waals surface area contributed by atoms with Crippen LogP contribution in [0.2, 0.25) is 0 Å². The van der Waals surface area contributed by atoms with Gasteiger partial charge in [0.25, 0.3) is 0 Å². The maximum atomic E-state index is 13.1. The first-order valence-electron chi connectivity index (χ1n) is 43.8. The van der Waals surface area contributed by atoms with Crippen LogP contribution in [0.1, 0.15) is 441 Å². The van der Waals surface area contributed by atoms with Crippen molar-refractivity contribution >= 4 is 39.5 Å². The molecule has 17 nitrogen and oxygen atoms in total. The summed E-state index contributed by atoms with van der Waals surface area (Å²) in [6, 6.07) is 0. The summed E-state index contributed by atoms with van der Waals surface area (Å²) in [4.78, 5) is 73.2. The fourth-order valence-corrected chi connectivity index (χ4v) is 14.7. The third-order valence-electron chi connectivity index (χ3n) is 20.5. The predicted octanol–water partition coefficient (Wildman–Crippen LogP) is 25.6. The number of ether oxygens (including phenoxy) is 4. The lowest BCUT2D eigenvalue weighted by molar-refractivity contribution is -0.161. The van der Waals surface area contributed by atoms with Gasteiger partial charge in [-0.2, -0.15) is 0 Å². The molecule has 19 heteroatoms. The molecule has 0 aromatic carbocycles. The van der Waals surface area contributed by atoms with Crippen LogP contribution < -0.4 is 0 Å². The molecule has 0 aromatic rings. The van der Waals surface area contributed by atoms with Gasteiger partial charge in [0.2, 0.25) is 0 Å². The second-order valence-corrected chi connectivity index (χ2v) is 34.9. The van der Waals surface area contributed by atoms with E-state index in [0.29, 0.717) is 25.7 Å². The number of unbranched alkanes of at least 4 members (excludes halogenated alkanes) is 46. The summed E-state index contributed by atoms with van der Waals surface area (Å²) in [5.41, 5.74) is 0. The molecule has 3 N–H and O–H groups in total. The third kappa shape index (κ3) is 75.5. The van der Waals surface area contributed by atoms with E-state index in [1.165, 1.54) is 238 Å². The molecule has 0 spiro atoms. The summed E-state index contributed by atoms with van der Waals surface area (Å²) < 4.78 is 68.8. The molecule has 618 valence electrons. The molecule has 4 unspecified atom stereocenters. The third-order valence-corrected chi connectivity index (χ3v) is 22.4. The standard InChI is InChI=1S/C85H166O17P2/c1-9-77(7)63-55-47-39-33-27-20-15-13-11-12-14-16-22-29-35-41-51-59-67-85(90)102-81(72-96-83(88)66-58-50-44-43-48-56-64-78(8)10-2)74-100-104(93,94)98-70-79(86)69-97-103(91,92)99-73-80(101-84(89)68-60-52-42-36-30-24-23-26-32-38-46-54-62-76(5)6)71-95-82(87)65-57-49-40-34-28-21-18-17-19-25-31-37-45-53-61-75(3)4/h75-81,86H,9-74H2,1-8H3,(H,91,92)(H,93,94)/t77?,78?,79-,80-,81-/m1/s1. The molecule has 0 amide bonds. The molecule has 0 saturated carbocycles. The number of carbonyl (C=O) groups is 4. The number of carbonyl (C=O) groups excluding carboxylic acids is 4. The van der Waals surface area contributed by atoms with Crippen molar-refractivity contribution in [2.75, 3.05) is 39.6 Å². The van der Waals surface area contributed by atoms with Gasteiger partial charge in [-0.3, -0.25) is 37.3 Å². The van der Waals surface area contributed by atoms with Crippen molar-refractivity contribution in [1.29, 1.82) is 0 Å². The summed E-state index contributed by atoms with van der Waals surface area (Å²) >= 11 is 0. The van der Waals surface area contributed by atoms with Crippen LogP contribution >= 0.6 is 15.6 Å². The number of hydrogen-bond acceptors (Lipinski definition) is 15. The highest BCUT2D eigenvalue weighted by molar-refractivity contribution is 7.47. The Bertz CT molecular complexity index is 2030. The Labute approximate surface area is 638 Å². The Morgan fingerprint density at radius 3 is 0.683 bits per heavy atom. The Morgan fingerprint density at radius 2 is 0.462 bits per heavy atom. The Kier molecular flexibility index (Phi) is 72.5. The van der Waals surface area contributed by atoms with Crippen molar-refractivity contribution in [3.63, 3.8) is 0 Å². The van der Waals surface area contributed by atoms with E-state index in [1.807, 2.05) is 0 Å². The Balaban J connectivity index is 5.20. The van der Waals surface area contributed by atoms with Gasteiger partial charge in [-0.25, -0.2) is 9.13 Å². The average Bonchev–Trinajstić information content (AvgIpc) is 1.51. The van der Waals surface area contributed by atoms with Gasteiger partial charge in [-0.05, 0) is 49.4 Å². The average molecular weight is 1520 g/mol. The molecule has 0 aliphatic rings. The monoisotopic (exact) mass is 1520 g/mol. The van der Waals surface area contributed by atoms with Crippen LogP contribution in [0.25, 0.3) is 0 Å². The minimum atomic E-state index is -4.96. The number of esters is 4. The van der Waals surface area contributed by atoms with E-state index in [9.17, 15) is 43.2 Å². The van der Waals surface area contributed by atoms with Crippen LogP contribution in [0.15, 0.2) is 0 Å². The fraction of sp³-hybridized carbons (Fsp3) is 0.953. The Hall–Kier alpha value is -1.94. The molecular weight excluding hydrogens is 1350 g/mol. The van der Waals surface area contributed by atoms with Gasteiger partial charge in [-0.15, -0.1) is 0 Å². The maximum Gasteiger partial charge on any atom is 0.472 e. The smallest absolute Gasteiger partial charge is 0.462 e. The normalized spacial score (nSPS) is 14.5. The molecule has 0 saturated heterocycles. The topological polar surface area (TPSA) is 237 Å². The summed E-state index contributed by atoms with van der Waals surface area (Å²) in [6.07, 6.45) is 62.5. The molecule has 7 atom stereocenters. The van der Waals surface area contributed by atoms with Gasteiger partial charge >= 0.3 is 39.5 Å². The molecule has 0 radical (unpaired) electrons. The first-order valence-corrected chi connectivity index (χ1v) is 46.8. The van der Waals surface area contributed by atoms with Gasteiger partial charge in [-0.1, -0.05) is 389 Å². The molecule has 0 rings (SSSR count). The lowest BCUT2D eigenvalue weighted by atomic mass is 9.99. The molecule has 0 aliphatic heterocycles. The van der Waals surface area contributed by atoms with Crippen LogP contribution in [0.3, 0.4) is 0 Å². The van der Waals surface area contributed by atoms with E-state index in [-0.39, 0.29) is 25.7 Å². The summed E-state index contributed by atoms with van der Waals surface area (Å²) in [7, 11) is -9.93. The van der Waals surface area contributed by atoms with E-state index in [2.05, 4.69) is 55.4 Å². The van der Waals surface area contributed by atoms with Gasteiger partial charge in [0.15, 0.2) is 12.2 Å². The highest BCUT2D eigenvalue weighted by Gasteiger charge is 2.30. The summed E-state index contributed by atoms with van der Waals surface area (Å²) in [6.45, 7) is 14.3. The predicted molar refractivity (Wildman–Crippen MR) is 428 cm³/mol. The van der Waals surface area contributed by atoms with Crippen LogP contribution in [-0.4, -0.2) is 96.7 Å². The first-order chi connectivity index (χ1) is 50.2. The second-order valence-electron chi connectivity index (χ2n) is 32.0. The zero-order chi connectivity index (χ0) is 76.7. The largest absolute Gasteiger partial charge is 0.472 e. The van der Waals surface area contributed by atoms with E-state index < -0.39 is 97.5 Å². The first kappa shape index (κ1) is 102. The zero-order valence-electron chi connectivity index (χ0n) is 68.7. The molecule has 0 aromatic heterocycles. The Morgan fingerprint density at radius 1 is 0.269 bits per heavy atom. The van der Waals surface area contributed by atoms with Gasteiger partial charge in [0.1, 0.15) is 19.3 Å². The molecule has 104 heavy (non-hydrogen) atoms. The minimum absolute atomic E-state index is 0.107. The van der Waals surface area contributed by atoms with Gasteiger partial charge < -0.3 is 33.8 Å². The maximum absolute atomic E-state index is 13.1. The number of rotatable bonds is 82. The molecule has 0 fully saturated rings. The van der Waals surface area contributed by atoms with Crippen molar-refractivity contribution in [3.8, 4) is 0 Å². The summed E-state index contributed by atoms with van der Waals surface area (Å²) in [5.74, 6) is 1.07. The van der Waals surface area contributed by atoms with Crippen molar-refractivity contribution < 1.29 is 80.2 Å². The number of hydrogen-bond donors (Lipinski definition) is 3. The van der Waals surface area contributed by atoms with Gasteiger partial charge in [0, 0.05) is 25.7 Å². The van der Waals surface area contributed by atoms with Crippen molar-refractivity contribution in [2.45, 2.75) is 459 Å². The fourth-order valence-electron chi connectivity index (χ4n) is 13.1. The van der Waals surface area contributed by atoms with Crippen LogP contribution in [0.5, 0.6) is 0 Å². The molecular formula is C85H166O17P2. The second kappa shape index (κ2) is 73.8. The number of phosphoric acid groups is 2. The summed E-state index contributed by atoms with van der Waals surface area (Å²) in [5, 5.41) is 10.7. The number of phosphoric ester groups is 2. The SMILES string of the molecule is CCC(C)CCCCCCCCCCCCCCCCCCCCC(=O)O[C@H](COC(=O)CCCCCCCCC(C)CC)COP(=O)(O)OC[C@H](O)COP(=O)(O)OC[C@@H](COC(=O)CCCCCCCCCCCCCCCCC(C)C)OC(=O)CCCCCCCCCCCCCCC(C)C. The quantitative estimate of drug-likeness (QED) is 0.0222.